The van der Waals surface area contributed by atoms with Crippen molar-refractivity contribution < 1.29 is 9.53 Å². The Bertz CT molecular complexity index is 643. The quantitative estimate of drug-likeness (QED) is 0.653. The SMILES string of the molecule is COc1cc(N)ccc1NC(=O)C(C)Sc1nc(C)cs1. The first kappa shape index (κ1) is 15.7. The summed E-state index contributed by atoms with van der Waals surface area (Å²) in [7, 11) is 1.54. The number of anilines is 2. The average Bonchev–Trinajstić information content (AvgIpc) is 2.85. The maximum absolute atomic E-state index is 12.2. The molecule has 0 aliphatic rings. The highest BCUT2D eigenvalue weighted by molar-refractivity contribution is 8.02. The van der Waals surface area contributed by atoms with Crippen molar-refractivity contribution in [1.29, 1.82) is 0 Å². The fraction of sp³-hybridized carbons (Fsp3) is 0.286. The van der Waals surface area contributed by atoms with E-state index < -0.39 is 0 Å². The number of carbonyl (C=O) groups excluding carboxylic acids is 1. The second-order valence-electron chi connectivity index (χ2n) is 4.46. The molecule has 0 saturated carbocycles. The molecule has 2 aromatic rings. The van der Waals surface area contributed by atoms with Crippen LogP contribution in [0, 0.1) is 6.92 Å². The lowest BCUT2D eigenvalue weighted by Crippen LogP contribution is -2.22. The highest BCUT2D eigenvalue weighted by Gasteiger charge is 2.17. The van der Waals surface area contributed by atoms with Crippen molar-refractivity contribution in [3.63, 3.8) is 0 Å². The van der Waals surface area contributed by atoms with Gasteiger partial charge in [-0.25, -0.2) is 4.98 Å². The number of rotatable bonds is 5. The van der Waals surface area contributed by atoms with Gasteiger partial charge in [0.15, 0.2) is 4.34 Å². The van der Waals surface area contributed by atoms with Crippen molar-refractivity contribution in [2.24, 2.45) is 0 Å². The average molecular weight is 323 g/mol. The highest BCUT2D eigenvalue weighted by Crippen LogP contribution is 2.30. The van der Waals surface area contributed by atoms with Gasteiger partial charge in [0.25, 0.3) is 0 Å². The van der Waals surface area contributed by atoms with E-state index in [0.29, 0.717) is 17.1 Å². The summed E-state index contributed by atoms with van der Waals surface area (Å²) in [5.74, 6) is 0.446. The number of ether oxygens (including phenoxy) is 1. The summed E-state index contributed by atoms with van der Waals surface area (Å²) in [5, 5.41) is 4.57. The van der Waals surface area contributed by atoms with Crippen molar-refractivity contribution in [2.75, 3.05) is 18.2 Å². The first-order valence-corrected chi connectivity index (χ1v) is 8.08. The van der Waals surface area contributed by atoms with E-state index in [-0.39, 0.29) is 11.2 Å². The third kappa shape index (κ3) is 4.12. The maximum atomic E-state index is 12.2. The van der Waals surface area contributed by atoms with Gasteiger partial charge in [-0.15, -0.1) is 11.3 Å². The second-order valence-corrected chi connectivity index (χ2v) is 6.91. The monoisotopic (exact) mass is 323 g/mol. The van der Waals surface area contributed by atoms with Crippen LogP contribution in [-0.4, -0.2) is 23.3 Å². The molecule has 0 bridgehead atoms. The number of nitrogens with zero attached hydrogens (tertiary/aromatic N) is 1. The lowest BCUT2D eigenvalue weighted by molar-refractivity contribution is -0.115. The van der Waals surface area contributed by atoms with Crippen molar-refractivity contribution >= 4 is 40.4 Å². The highest BCUT2D eigenvalue weighted by atomic mass is 32.2. The number of thioether (sulfide) groups is 1. The van der Waals surface area contributed by atoms with Crippen LogP contribution in [0.4, 0.5) is 11.4 Å². The number of nitrogens with one attached hydrogen (secondary N) is 1. The molecule has 112 valence electrons. The van der Waals surface area contributed by atoms with E-state index in [1.807, 2.05) is 19.2 Å². The number of nitrogen functional groups attached to an aromatic ring is 1. The van der Waals surface area contributed by atoms with Gasteiger partial charge in [0.1, 0.15) is 5.75 Å². The van der Waals surface area contributed by atoms with Crippen LogP contribution in [0.2, 0.25) is 0 Å². The molecular weight excluding hydrogens is 306 g/mol. The van der Waals surface area contributed by atoms with Crippen LogP contribution >= 0.6 is 23.1 Å². The smallest absolute Gasteiger partial charge is 0.237 e. The first-order chi connectivity index (χ1) is 9.99. The van der Waals surface area contributed by atoms with E-state index in [2.05, 4.69) is 10.3 Å². The predicted octanol–water partition coefficient (Wildman–Crippen LogP) is 3.16. The molecule has 3 N–H and O–H groups in total. The number of hydrogen-bond donors (Lipinski definition) is 2. The van der Waals surface area contributed by atoms with Crippen LogP contribution in [0.15, 0.2) is 27.9 Å². The molecule has 0 saturated heterocycles. The molecule has 1 unspecified atom stereocenters. The Balaban J connectivity index is 2.03. The molecule has 1 aromatic carbocycles. The molecule has 5 nitrogen and oxygen atoms in total. The summed E-state index contributed by atoms with van der Waals surface area (Å²) in [6.07, 6.45) is 0. The zero-order chi connectivity index (χ0) is 15.4. The van der Waals surface area contributed by atoms with Gasteiger partial charge >= 0.3 is 0 Å². The largest absolute Gasteiger partial charge is 0.494 e. The fourth-order valence-corrected chi connectivity index (χ4v) is 3.62. The lowest BCUT2D eigenvalue weighted by atomic mass is 10.2. The van der Waals surface area contributed by atoms with Crippen molar-refractivity contribution in [1.82, 2.24) is 4.98 Å². The van der Waals surface area contributed by atoms with Gasteiger partial charge in [0.05, 0.1) is 18.0 Å². The summed E-state index contributed by atoms with van der Waals surface area (Å²) in [4.78, 5) is 16.6. The fourth-order valence-electron chi connectivity index (χ4n) is 1.64. The normalized spacial score (nSPS) is 12.0. The summed E-state index contributed by atoms with van der Waals surface area (Å²) in [5.41, 5.74) is 7.86. The Morgan fingerprint density at radius 2 is 2.29 bits per heavy atom. The number of hydrogen-bond acceptors (Lipinski definition) is 6. The summed E-state index contributed by atoms with van der Waals surface area (Å²) < 4.78 is 6.10. The van der Waals surface area contributed by atoms with Crippen LogP contribution in [0.5, 0.6) is 5.75 Å². The van der Waals surface area contributed by atoms with Gasteiger partial charge < -0.3 is 15.8 Å². The van der Waals surface area contributed by atoms with Gasteiger partial charge in [0.2, 0.25) is 5.91 Å². The lowest BCUT2D eigenvalue weighted by Gasteiger charge is -2.13. The Morgan fingerprint density at radius 3 is 2.90 bits per heavy atom. The van der Waals surface area contributed by atoms with Crippen LogP contribution in [-0.2, 0) is 4.79 Å². The minimum Gasteiger partial charge on any atom is -0.494 e. The molecular formula is C14H17N3O2S2. The number of carbonyl (C=O) groups is 1. The Morgan fingerprint density at radius 1 is 1.52 bits per heavy atom. The van der Waals surface area contributed by atoms with E-state index >= 15 is 0 Å². The number of nitrogens with two attached hydrogens (primary N) is 1. The Labute approximate surface area is 131 Å². The summed E-state index contributed by atoms with van der Waals surface area (Å²) >= 11 is 2.98. The van der Waals surface area contributed by atoms with E-state index in [1.54, 1.807) is 36.6 Å². The van der Waals surface area contributed by atoms with Crippen LogP contribution in [0.25, 0.3) is 0 Å². The van der Waals surface area contributed by atoms with Gasteiger partial charge in [-0.3, -0.25) is 4.79 Å². The number of amides is 1. The molecule has 0 aliphatic carbocycles. The Hall–Kier alpha value is -1.73. The van der Waals surface area contributed by atoms with Gasteiger partial charge in [0, 0.05) is 22.8 Å². The molecule has 1 atom stereocenters. The first-order valence-electron chi connectivity index (χ1n) is 6.32. The van der Waals surface area contributed by atoms with Crippen molar-refractivity contribution in [3.8, 4) is 5.75 Å². The molecule has 7 heteroatoms. The molecule has 1 amide bonds. The zero-order valence-electron chi connectivity index (χ0n) is 12.0. The van der Waals surface area contributed by atoms with Crippen LogP contribution in [0.1, 0.15) is 12.6 Å². The van der Waals surface area contributed by atoms with Crippen LogP contribution < -0.4 is 15.8 Å². The standard InChI is InChI=1S/C14H17N3O2S2/c1-8-7-20-14(16-8)21-9(2)13(18)17-11-5-4-10(15)6-12(11)19-3/h4-7,9H,15H2,1-3H3,(H,17,18). The molecule has 2 rings (SSSR count). The molecule has 0 aliphatic heterocycles. The maximum Gasteiger partial charge on any atom is 0.237 e. The molecule has 0 spiro atoms. The van der Waals surface area contributed by atoms with Gasteiger partial charge in [-0.1, -0.05) is 11.8 Å². The minimum atomic E-state index is -0.252. The summed E-state index contributed by atoms with van der Waals surface area (Å²) in [6, 6.07) is 5.13. The minimum absolute atomic E-state index is 0.101. The third-order valence-electron chi connectivity index (χ3n) is 2.73. The predicted molar refractivity (Wildman–Crippen MR) is 88.2 cm³/mol. The zero-order valence-corrected chi connectivity index (χ0v) is 13.7. The number of aromatic nitrogens is 1. The Kier molecular flexibility index (Phi) is 5.08. The van der Waals surface area contributed by atoms with Crippen molar-refractivity contribution in [3.05, 3.63) is 29.3 Å². The number of thiazole rings is 1. The van der Waals surface area contributed by atoms with Crippen LogP contribution in [0.3, 0.4) is 0 Å². The van der Waals surface area contributed by atoms with Gasteiger partial charge in [-0.05, 0) is 26.0 Å². The second kappa shape index (κ2) is 6.82. The molecule has 0 radical (unpaired) electrons. The van der Waals surface area contributed by atoms with E-state index in [1.165, 1.54) is 11.8 Å². The van der Waals surface area contributed by atoms with Gasteiger partial charge in [-0.2, -0.15) is 0 Å². The molecule has 1 aromatic heterocycles. The van der Waals surface area contributed by atoms with E-state index in [4.69, 9.17) is 10.5 Å². The number of methoxy groups -OCH3 is 1. The van der Waals surface area contributed by atoms with E-state index in [9.17, 15) is 4.79 Å². The number of aryl methyl sites for hydroxylation is 1. The molecule has 0 fully saturated rings. The number of benzene rings is 1. The third-order valence-corrected chi connectivity index (χ3v) is 4.92. The topological polar surface area (TPSA) is 77.2 Å². The van der Waals surface area contributed by atoms with E-state index in [0.717, 1.165) is 10.0 Å². The van der Waals surface area contributed by atoms with Crippen molar-refractivity contribution in [2.45, 2.75) is 23.4 Å². The summed E-state index contributed by atoms with van der Waals surface area (Å²) in [6.45, 7) is 3.78. The molecule has 1 heterocycles. The molecule has 21 heavy (non-hydrogen) atoms.